The van der Waals surface area contributed by atoms with Crippen molar-refractivity contribution >= 4 is 27.4 Å². The van der Waals surface area contributed by atoms with Crippen LogP contribution >= 0.6 is 0 Å². The van der Waals surface area contributed by atoms with Crippen LogP contribution in [0, 0.1) is 5.82 Å². The molecule has 2 rings (SSSR count). The lowest BCUT2D eigenvalue weighted by Gasteiger charge is -2.15. The largest absolute Gasteiger partial charge is 0.322 e. The summed E-state index contributed by atoms with van der Waals surface area (Å²) in [5, 5.41) is 2.32. The lowest BCUT2D eigenvalue weighted by molar-refractivity contribution is -0.117. The van der Waals surface area contributed by atoms with E-state index < -0.39 is 27.8 Å². The Bertz CT molecular complexity index is 895. The summed E-state index contributed by atoms with van der Waals surface area (Å²) in [6, 6.07) is 9.78. The third kappa shape index (κ3) is 4.71. The molecule has 0 aliphatic heterocycles. The number of carbonyl (C=O) groups excluding carboxylic acids is 2. The van der Waals surface area contributed by atoms with Crippen LogP contribution in [-0.4, -0.2) is 26.2 Å². The number of anilines is 1. The molecular weight excluding hydrogens is 347 g/mol. The molecule has 0 bridgehead atoms. The van der Waals surface area contributed by atoms with Crippen molar-refractivity contribution in [2.45, 2.75) is 24.8 Å². The summed E-state index contributed by atoms with van der Waals surface area (Å²) in [5.74, 6) is -1.51. The van der Waals surface area contributed by atoms with Crippen molar-refractivity contribution in [2.24, 2.45) is 0 Å². The zero-order valence-corrected chi connectivity index (χ0v) is 14.4. The smallest absolute Gasteiger partial charge is 0.242 e. The van der Waals surface area contributed by atoms with Crippen molar-refractivity contribution < 1.29 is 22.4 Å². The highest BCUT2D eigenvalue weighted by Gasteiger charge is 2.22. The van der Waals surface area contributed by atoms with Gasteiger partial charge in [0.25, 0.3) is 0 Å². The minimum absolute atomic E-state index is 0.0376. The first-order valence-electron chi connectivity index (χ1n) is 7.39. The number of carbonyl (C=O) groups is 2. The van der Waals surface area contributed by atoms with Crippen LogP contribution < -0.4 is 10.0 Å². The Labute approximate surface area is 145 Å². The second-order valence-corrected chi connectivity index (χ2v) is 7.11. The van der Waals surface area contributed by atoms with Gasteiger partial charge < -0.3 is 5.32 Å². The highest BCUT2D eigenvalue weighted by atomic mass is 32.2. The Morgan fingerprint density at radius 1 is 1.04 bits per heavy atom. The zero-order valence-electron chi connectivity index (χ0n) is 13.6. The van der Waals surface area contributed by atoms with Crippen molar-refractivity contribution in [2.75, 3.05) is 5.32 Å². The summed E-state index contributed by atoms with van der Waals surface area (Å²) >= 11 is 0. The number of Topliss-reactive ketones (excluding diaryl/α,β-unsaturated/α-hetero) is 1. The van der Waals surface area contributed by atoms with Gasteiger partial charge in [0.05, 0.1) is 16.6 Å². The Kier molecular flexibility index (Phi) is 5.66. The van der Waals surface area contributed by atoms with Gasteiger partial charge in [0.15, 0.2) is 5.78 Å². The van der Waals surface area contributed by atoms with Gasteiger partial charge in [-0.3, -0.25) is 9.59 Å². The first-order chi connectivity index (χ1) is 11.7. The number of ketones is 1. The van der Waals surface area contributed by atoms with Crippen LogP contribution in [0.1, 0.15) is 24.2 Å². The number of amides is 1. The number of halogens is 1. The summed E-state index contributed by atoms with van der Waals surface area (Å²) in [5.41, 5.74) is 0.341. The minimum Gasteiger partial charge on any atom is -0.322 e. The van der Waals surface area contributed by atoms with E-state index in [4.69, 9.17) is 0 Å². The van der Waals surface area contributed by atoms with Gasteiger partial charge in [0, 0.05) is 5.56 Å². The third-order valence-corrected chi connectivity index (χ3v) is 4.98. The summed E-state index contributed by atoms with van der Waals surface area (Å²) < 4.78 is 40.3. The van der Waals surface area contributed by atoms with E-state index in [-0.39, 0.29) is 16.4 Å². The van der Waals surface area contributed by atoms with Crippen LogP contribution in [0.25, 0.3) is 0 Å². The minimum atomic E-state index is -3.97. The van der Waals surface area contributed by atoms with Crippen molar-refractivity contribution in [3.63, 3.8) is 0 Å². The van der Waals surface area contributed by atoms with Gasteiger partial charge in [-0.05, 0) is 38.1 Å². The van der Waals surface area contributed by atoms with E-state index >= 15 is 0 Å². The molecule has 0 fully saturated rings. The zero-order chi connectivity index (χ0) is 18.6. The van der Waals surface area contributed by atoms with Crippen LogP contribution in [0.15, 0.2) is 53.4 Å². The molecule has 132 valence electrons. The molecular formula is C17H17FN2O4S. The molecule has 1 unspecified atom stereocenters. The van der Waals surface area contributed by atoms with E-state index in [1.165, 1.54) is 56.3 Å². The van der Waals surface area contributed by atoms with Crippen LogP contribution in [0.5, 0.6) is 0 Å². The number of benzene rings is 2. The van der Waals surface area contributed by atoms with Crippen LogP contribution in [-0.2, 0) is 14.8 Å². The molecule has 2 N–H and O–H groups in total. The second-order valence-electron chi connectivity index (χ2n) is 5.39. The highest BCUT2D eigenvalue weighted by Crippen LogP contribution is 2.14. The van der Waals surface area contributed by atoms with E-state index in [0.717, 1.165) is 0 Å². The molecule has 2 aromatic carbocycles. The number of sulfonamides is 1. The third-order valence-electron chi connectivity index (χ3n) is 3.43. The van der Waals surface area contributed by atoms with E-state index in [0.29, 0.717) is 5.56 Å². The molecule has 0 aliphatic rings. The van der Waals surface area contributed by atoms with E-state index in [1.807, 2.05) is 0 Å². The average molecular weight is 364 g/mol. The van der Waals surface area contributed by atoms with E-state index in [2.05, 4.69) is 10.0 Å². The molecule has 0 heterocycles. The van der Waals surface area contributed by atoms with Gasteiger partial charge in [0.2, 0.25) is 15.9 Å². The molecule has 2 aromatic rings. The fourth-order valence-corrected chi connectivity index (χ4v) is 3.23. The lowest BCUT2D eigenvalue weighted by atomic mass is 10.2. The molecule has 6 nitrogen and oxygen atoms in total. The predicted molar refractivity (Wildman–Crippen MR) is 91.3 cm³/mol. The molecule has 1 atom stereocenters. The maximum atomic E-state index is 13.5. The quantitative estimate of drug-likeness (QED) is 0.770. The molecule has 1 amide bonds. The standard InChI is InChI=1S/C17H17FN2O4S/c1-11(17(22)19-16-6-4-3-5-15(16)18)20-25(23,24)14-9-7-13(8-10-14)12(2)21/h3-11,20H,1-2H3,(H,19,22). The molecule has 0 radical (unpaired) electrons. The Morgan fingerprint density at radius 2 is 1.64 bits per heavy atom. The fourth-order valence-electron chi connectivity index (χ4n) is 2.03. The van der Waals surface area contributed by atoms with Gasteiger partial charge in [0.1, 0.15) is 5.82 Å². The first kappa shape index (κ1) is 18.8. The topological polar surface area (TPSA) is 92.3 Å². The maximum Gasteiger partial charge on any atom is 0.242 e. The predicted octanol–water partition coefficient (Wildman–Crippen LogP) is 2.33. The Hall–Kier alpha value is -2.58. The SMILES string of the molecule is CC(=O)c1ccc(S(=O)(=O)NC(C)C(=O)Nc2ccccc2F)cc1. The Morgan fingerprint density at radius 3 is 2.20 bits per heavy atom. The van der Waals surface area contributed by atoms with E-state index in [1.54, 1.807) is 6.07 Å². The highest BCUT2D eigenvalue weighted by molar-refractivity contribution is 7.89. The molecule has 0 saturated carbocycles. The molecule has 0 saturated heterocycles. The van der Waals surface area contributed by atoms with Crippen LogP contribution in [0.2, 0.25) is 0 Å². The molecule has 0 aromatic heterocycles. The normalized spacial score (nSPS) is 12.4. The van der Waals surface area contributed by atoms with Crippen molar-refractivity contribution in [1.29, 1.82) is 0 Å². The molecule has 0 aliphatic carbocycles. The number of rotatable bonds is 6. The number of nitrogens with one attached hydrogen (secondary N) is 2. The fraction of sp³-hybridized carbons (Fsp3) is 0.176. The molecule has 25 heavy (non-hydrogen) atoms. The summed E-state index contributed by atoms with van der Waals surface area (Å²) in [6.45, 7) is 2.72. The first-order valence-corrected chi connectivity index (χ1v) is 8.88. The lowest BCUT2D eigenvalue weighted by Crippen LogP contribution is -2.41. The van der Waals surface area contributed by atoms with Crippen LogP contribution in [0.4, 0.5) is 10.1 Å². The average Bonchev–Trinajstić information content (AvgIpc) is 2.56. The van der Waals surface area contributed by atoms with Gasteiger partial charge in [-0.2, -0.15) is 4.72 Å². The summed E-state index contributed by atoms with van der Waals surface area (Å²) in [4.78, 5) is 23.2. The number of hydrogen-bond acceptors (Lipinski definition) is 4. The van der Waals surface area contributed by atoms with Gasteiger partial charge in [-0.1, -0.05) is 24.3 Å². The number of para-hydroxylation sites is 1. The summed E-state index contributed by atoms with van der Waals surface area (Å²) in [6.07, 6.45) is 0. The molecule has 8 heteroatoms. The summed E-state index contributed by atoms with van der Waals surface area (Å²) in [7, 11) is -3.97. The van der Waals surface area contributed by atoms with Crippen molar-refractivity contribution in [3.8, 4) is 0 Å². The maximum absolute atomic E-state index is 13.5. The van der Waals surface area contributed by atoms with Gasteiger partial charge in [-0.25, -0.2) is 12.8 Å². The monoisotopic (exact) mass is 364 g/mol. The van der Waals surface area contributed by atoms with Crippen molar-refractivity contribution in [3.05, 3.63) is 59.9 Å². The molecule has 0 spiro atoms. The Balaban J connectivity index is 2.10. The van der Waals surface area contributed by atoms with Crippen LogP contribution in [0.3, 0.4) is 0 Å². The number of hydrogen-bond donors (Lipinski definition) is 2. The van der Waals surface area contributed by atoms with Gasteiger partial charge >= 0.3 is 0 Å². The van der Waals surface area contributed by atoms with Gasteiger partial charge in [-0.15, -0.1) is 0 Å². The van der Waals surface area contributed by atoms with Crippen molar-refractivity contribution in [1.82, 2.24) is 4.72 Å². The second kappa shape index (κ2) is 7.54. The van der Waals surface area contributed by atoms with E-state index in [9.17, 15) is 22.4 Å².